The van der Waals surface area contributed by atoms with Gasteiger partial charge in [0.1, 0.15) is 10.6 Å². The number of nitrogens with zero attached hydrogens (tertiary/aromatic N) is 3. The number of aryl methyl sites for hydroxylation is 1. The second kappa shape index (κ2) is 14.7. The van der Waals surface area contributed by atoms with E-state index in [1.807, 2.05) is 30.3 Å². The molecule has 0 spiro atoms. The first-order valence-corrected chi connectivity index (χ1v) is 18.0. The fourth-order valence-electron chi connectivity index (χ4n) is 5.67. The zero-order chi connectivity index (χ0) is 37.2. The van der Waals surface area contributed by atoms with Gasteiger partial charge in [0.15, 0.2) is 16.3 Å². The molecule has 13 nitrogen and oxygen atoms in total. The number of benzene rings is 4. The zero-order valence-corrected chi connectivity index (χ0v) is 29.9. The number of carbonyl (C=O) groups is 1. The van der Waals surface area contributed by atoms with E-state index in [9.17, 15) is 28.1 Å². The highest BCUT2D eigenvalue weighted by Gasteiger charge is 2.35. The molecule has 6 rings (SSSR count). The first-order valence-electron chi connectivity index (χ1n) is 15.8. The lowest BCUT2D eigenvalue weighted by molar-refractivity contribution is -0.385. The van der Waals surface area contributed by atoms with Crippen molar-refractivity contribution in [2.24, 2.45) is 4.99 Å². The van der Waals surface area contributed by atoms with E-state index >= 15 is 0 Å². The van der Waals surface area contributed by atoms with Gasteiger partial charge in [0, 0.05) is 17.2 Å². The Morgan fingerprint density at radius 2 is 1.69 bits per heavy atom. The average molecular weight is 742 g/mol. The van der Waals surface area contributed by atoms with Crippen molar-refractivity contribution in [2.75, 3.05) is 20.8 Å². The highest BCUT2D eigenvalue weighted by molar-refractivity contribution is 7.87. The van der Waals surface area contributed by atoms with Crippen molar-refractivity contribution < 1.29 is 36.5 Å². The number of ether oxygens (including phenoxy) is 3. The highest BCUT2D eigenvalue weighted by atomic mass is 32.2. The van der Waals surface area contributed by atoms with Crippen LogP contribution < -0.4 is 28.5 Å². The lowest BCUT2D eigenvalue weighted by atomic mass is 9.93. The first-order chi connectivity index (χ1) is 24.9. The van der Waals surface area contributed by atoms with Crippen LogP contribution in [0.25, 0.3) is 11.8 Å². The van der Waals surface area contributed by atoms with Gasteiger partial charge in [-0.15, -0.1) is 0 Å². The van der Waals surface area contributed by atoms with Gasteiger partial charge in [-0.2, -0.15) is 8.42 Å². The number of carbonyl (C=O) groups excluding carboxylic acids is 1. The lowest BCUT2D eigenvalue weighted by Crippen LogP contribution is -2.40. The maximum atomic E-state index is 14.3. The molecule has 1 atom stereocenters. The van der Waals surface area contributed by atoms with E-state index in [4.69, 9.17) is 23.4 Å². The molecule has 1 aliphatic heterocycles. The number of thiazole rings is 1. The monoisotopic (exact) mass is 741 g/mol. The molecule has 0 saturated heterocycles. The molecule has 1 aromatic heterocycles. The molecule has 2 heterocycles. The van der Waals surface area contributed by atoms with Gasteiger partial charge in [-0.25, -0.2) is 9.79 Å². The number of rotatable bonds is 11. The number of hydrogen-bond donors (Lipinski definition) is 0. The van der Waals surface area contributed by atoms with E-state index in [1.54, 1.807) is 43.3 Å². The standard InChI is InChI=1S/C37H31N3O10S2/c1-5-49-36(42)32-33(24-9-7-6-8-10-24)38-37-39(34(32)25-14-18-29(47-3)30(20-25)48-4)35(41)31(51-37)19-23-12-15-26(16-13-23)50-52(45,46)27-17-11-22(2)28(21-27)40(43)44/h6-21,34H,5H2,1-4H3/b31-19-/t34-/m0/s1. The van der Waals surface area contributed by atoms with Gasteiger partial charge >= 0.3 is 16.1 Å². The number of methoxy groups -OCH3 is 2. The molecule has 52 heavy (non-hydrogen) atoms. The highest BCUT2D eigenvalue weighted by Crippen LogP contribution is 2.38. The van der Waals surface area contributed by atoms with E-state index < -0.39 is 32.6 Å². The van der Waals surface area contributed by atoms with Crippen LogP contribution in [0.1, 0.15) is 35.2 Å². The number of esters is 1. The predicted molar refractivity (Wildman–Crippen MR) is 193 cm³/mol. The maximum Gasteiger partial charge on any atom is 0.339 e. The molecule has 0 N–H and O–H groups in total. The van der Waals surface area contributed by atoms with Crippen LogP contribution >= 0.6 is 11.3 Å². The molecule has 0 fully saturated rings. The minimum absolute atomic E-state index is 0.0399. The Morgan fingerprint density at radius 1 is 0.981 bits per heavy atom. The van der Waals surface area contributed by atoms with Crippen LogP contribution in [0.3, 0.4) is 0 Å². The minimum atomic E-state index is -4.39. The summed E-state index contributed by atoms with van der Waals surface area (Å²) in [7, 11) is -1.39. The Balaban J connectivity index is 1.45. The molecule has 0 unspecified atom stereocenters. The number of hydrogen-bond acceptors (Lipinski definition) is 12. The third kappa shape index (κ3) is 6.95. The summed E-state index contributed by atoms with van der Waals surface area (Å²) in [5.74, 6) is 0.185. The van der Waals surface area contributed by atoms with E-state index in [1.165, 1.54) is 50.0 Å². The van der Waals surface area contributed by atoms with Crippen LogP contribution in [-0.4, -0.2) is 44.7 Å². The van der Waals surface area contributed by atoms with E-state index in [2.05, 4.69) is 0 Å². The molecule has 0 saturated carbocycles. The molecule has 0 bridgehead atoms. The van der Waals surface area contributed by atoms with Gasteiger partial charge in [0.2, 0.25) is 0 Å². The second-order valence-corrected chi connectivity index (χ2v) is 13.9. The fraction of sp³-hybridized carbons (Fsp3) is 0.162. The molecular formula is C37H31N3O10S2. The topological polar surface area (TPSA) is 166 Å². The van der Waals surface area contributed by atoms with Gasteiger partial charge in [-0.05, 0) is 61.4 Å². The van der Waals surface area contributed by atoms with Gasteiger partial charge in [-0.1, -0.05) is 65.9 Å². The largest absolute Gasteiger partial charge is 0.493 e. The molecule has 5 aromatic rings. The molecular weight excluding hydrogens is 711 g/mol. The van der Waals surface area contributed by atoms with Gasteiger partial charge in [-0.3, -0.25) is 19.5 Å². The van der Waals surface area contributed by atoms with Crippen LogP contribution in [0.4, 0.5) is 5.69 Å². The predicted octanol–water partition coefficient (Wildman–Crippen LogP) is 4.94. The number of nitro benzene ring substituents is 1. The summed E-state index contributed by atoms with van der Waals surface area (Å²) in [4.78, 5) is 43.5. The van der Waals surface area contributed by atoms with Crippen molar-refractivity contribution in [1.29, 1.82) is 0 Å². The Labute approximate surface area is 301 Å². The van der Waals surface area contributed by atoms with E-state index in [0.29, 0.717) is 44.3 Å². The number of nitro groups is 1. The van der Waals surface area contributed by atoms with Crippen LogP contribution in [0.2, 0.25) is 0 Å². The van der Waals surface area contributed by atoms with Crippen molar-refractivity contribution in [1.82, 2.24) is 4.57 Å². The van der Waals surface area contributed by atoms with Crippen molar-refractivity contribution in [3.05, 3.63) is 149 Å². The van der Waals surface area contributed by atoms with Crippen LogP contribution in [-0.2, 0) is 19.6 Å². The van der Waals surface area contributed by atoms with E-state index in [0.717, 1.165) is 17.4 Å². The minimum Gasteiger partial charge on any atom is -0.493 e. The van der Waals surface area contributed by atoms with Crippen molar-refractivity contribution in [2.45, 2.75) is 24.8 Å². The molecule has 1 aliphatic rings. The SMILES string of the molecule is CCOC(=O)C1=C(c2ccccc2)N=c2s/c(=C\c3ccc(OS(=O)(=O)c4ccc(C)c([N+](=O)[O-])c4)cc3)c(=O)n2[C@H]1c1ccc(OC)c(OC)c1. The van der Waals surface area contributed by atoms with Crippen LogP contribution in [0.15, 0.2) is 111 Å². The number of aromatic nitrogens is 1. The van der Waals surface area contributed by atoms with Crippen LogP contribution in [0.5, 0.6) is 17.2 Å². The van der Waals surface area contributed by atoms with Gasteiger partial charge < -0.3 is 18.4 Å². The third-order valence-corrected chi connectivity index (χ3v) is 10.4. The Morgan fingerprint density at radius 3 is 2.35 bits per heavy atom. The maximum absolute atomic E-state index is 14.3. The van der Waals surface area contributed by atoms with Gasteiger partial charge in [0.05, 0.1) is 47.6 Å². The van der Waals surface area contributed by atoms with E-state index in [-0.39, 0.29) is 33.0 Å². The smallest absolute Gasteiger partial charge is 0.339 e. The quantitative estimate of drug-likeness (QED) is 0.0784. The average Bonchev–Trinajstić information content (AvgIpc) is 3.45. The van der Waals surface area contributed by atoms with Crippen molar-refractivity contribution in [3.63, 3.8) is 0 Å². The summed E-state index contributed by atoms with van der Waals surface area (Å²) < 4.78 is 49.4. The van der Waals surface area contributed by atoms with Crippen molar-refractivity contribution >= 4 is 44.9 Å². The number of fused-ring (bicyclic) bond motifs is 1. The molecule has 0 aliphatic carbocycles. The summed E-state index contributed by atoms with van der Waals surface area (Å²) in [6.45, 7) is 3.30. The summed E-state index contributed by atoms with van der Waals surface area (Å²) in [6, 6.07) is 22.8. The van der Waals surface area contributed by atoms with Crippen LogP contribution in [0, 0.1) is 17.0 Å². The normalized spacial score (nSPS) is 14.3. The molecule has 0 radical (unpaired) electrons. The van der Waals surface area contributed by atoms with Crippen molar-refractivity contribution in [3.8, 4) is 17.2 Å². The zero-order valence-electron chi connectivity index (χ0n) is 28.3. The first kappa shape index (κ1) is 35.8. The Bertz CT molecular complexity index is 2520. The third-order valence-electron chi connectivity index (χ3n) is 8.15. The molecule has 266 valence electrons. The second-order valence-electron chi connectivity index (χ2n) is 11.4. The summed E-state index contributed by atoms with van der Waals surface area (Å²) in [6.07, 6.45) is 1.62. The molecule has 15 heteroatoms. The van der Waals surface area contributed by atoms with Gasteiger partial charge in [0.25, 0.3) is 11.2 Å². The molecule has 4 aromatic carbocycles. The molecule has 0 amide bonds. The summed E-state index contributed by atoms with van der Waals surface area (Å²) in [5, 5.41) is 11.3. The Hall–Kier alpha value is -6.06. The summed E-state index contributed by atoms with van der Waals surface area (Å²) in [5.41, 5.74) is 1.80. The Kier molecular flexibility index (Phi) is 10.1. The fourth-order valence-corrected chi connectivity index (χ4v) is 7.62. The summed E-state index contributed by atoms with van der Waals surface area (Å²) >= 11 is 1.12. The lowest BCUT2D eigenvalue weighted by Gasteiger charge is -2.26.